The number of aryl methyl sites for hydroxylation is 1. The highest BCUT2D eigenvalue weighted by molar-refractivity contribution is 5.95. The van der Waals surface area contributed by atoms with Gasteiger partial charge in [-0.2, -0.15) is 0 Å². The lowest BCUT2D eigenvalue weighted by Gasteiger charge is -2.00. The monoisotopic (exact) mass is 247 g/mol. The van der Waals surface area contributed by atoms with E-state index in [4.69, 9.17) is 19.1 Å². The second-order valence-corrected chi connectivity index (χ2v) is 3.85. The molecule has 0 unspecified atom stereocenters. The van der Waals surface area contributed by atoms with E-state index in [9.17, 15) is 4.79 Å². The number of rotatable bonds is 2. The molecule has 1 aromatic heterocycles. The fourth-order valence-corrected chi connectivity index (χ4v) is 1.86. The summed E-state index contributed by atoms with van der Waals surface area (Å²) in [4.78, 5) is 11.2. The van der Waals surface area contributed by atoms with Gasteiger partial charge >= 0.3 is 5.97 Å². The average molecular weight is 247 g/mol. The summed E-state index contributed by atoms with van der Waals surface area (Å²) < 4.78 is 15.5. The summed E-state index contributed by atoms with van der Waals surface area (Å²) in [6.07, 6.45) is 0. The van der Waals surface area contributed by atoms with E-state index < -0.39 is 5.97 Å². The van der Waals surface area contributed by atoms with Crippen molar-refractivity contribution in [3.8, 4) is 22.8 Å². The van der Waals surface area contributed by atoms with Crippen LogP contribution in [0.4, 0.5) is 0 Å². The van der Waals surface area contributed by atoms with E-state index in [0.29, 0.717) is 22.8 Å². The SMILES string of the molecule is Cc1noc(-c2ccc3c(c2)OCO3)c1C(=O)O. The third kappa shape index (κ3) is 1.50. The highest BCUT2D eigenvalue weighted by Gasteiger charge is 2.23. The van der Waals surface area contributed by atoms with E-state index >= 15 is 0 Å². The van der Waals surface area contributed by atoms with Crippen molar-refractivity contribution in [1.82, 2.24) is 5.16 Å². The van der Waals surface area contributed by atoms with Crippen LogP contribution in [0.25, 0.3) is 11.3 Å². The number of benzene rings is 1. The minimum atomic E-state index is -1.07. The molecule has 1 aliphatic heterocycles. The molecule has 18 heavy (non-hydrogen) atoms. The molecule has 0 spiro atoms. The van der Waals surface area contributed by atoms with Crippen molar-refractivity contribution in [3.63, 3.8) is 0 Å². The molecule has 0 atom stereocenters. The summed E-state index contributed by atoms with van der Waals surface area (Å²) in [6.45, 7) is 1.75. The van der Waals surface area contributed by atoms with Gasteiger partial charge in [-0.3, -0.25) is 0 Å². The second kappa shape index (κ2) is 3.76. The number of carboxylic acids is 1. The van der Waals surface area contributed by atoms with Gasteiger partial charge in [0.05, 0.1) is 5.69 Å². The molecular formula is C12H9NO5. The zero-order valence-electron chi connectivity index (χ0n) is 9.47. The topological polar surface area (TPSA) is 81.8 Å². The van der Waals surface area contributed by atoms with Gasteiger partial charge in [0.1, 0.15) is 5.56 Å². The Morgan fingerprint density at radius 1 is 1.33 bits per heavy atom. The van der Waals surface area contributed by atoms with E-state index in [1.807, 2.05) is 0 Å². The van der Waals surface area contributed by atoms with Crippen LogP contribution in [0.15, 0.2) is 22.7 Å². The summed E-state index contributed by atoms with van der Waals surface area (Å²) in [6, 6.07) is 5.09. The van der Waals surface area contributed by atoms with Crippen molar-refractivity contribution in [2.45, 2.75) is 6.92 Å². The smallest absolute Gasteiger partial charge is 0.341 e. The van der Waals surface area contributed by atoms with Crippen LogP contribution in [0, 0.1) is 6.92 Å². The first kappa shape index (κ1) is 10.6. The van der Waals surface area contributed by atoms with Crippen LogP contribution in [-0.4, -0.2) is 23.0 Å². The molecule has 6 heteroatoms. The Kier molecular flexibility index (Phi) is 2.22. The van der Waals surface area contributed by atoms with Gasteiger partial charge < -0.3 is 19.1 Å². The highest BCUT2D eigenvalue weighted by Crippen LogP contribution is 2.37. The molecule has 0 aliphatic carbocycles. The van der Waals surface area contributed by atoms with E-state index in [2.05, 4.69) is 5.16 Å². The van der Waals surface area contributed by atoms with Crippen LogP contribution in [0.2, 0.25) is 0 Å². The minimum absolute atomic E-state index is 0.0638. The zero-order valence-corrected chi connectivity index (χ0v) is 9.47. The normalized spacial score (nSPS) is 12.7. The van der Waals surface area contributed by atoms with Crippen LogP contribution in [0.3, 0.4) is 0 Å². The zero-order chi connectivity index (χ0) is 12.7. The van der Waals surface area contributed by atoms with Crippen LogP contribution >= 0.6 is 0 Å². The lowest BCUT2D eigenvalue weighted by atomic mass is 10.1. The number of fused-ring (bicyclic) bond motifs is 1. The van der Waals surface area contributed by atoms with Gasteiger partial charge in [0.15, 0.2) is 17.3 Å². The van der Waals surface area contributed by atoms with Crippen molar-refractivity contribution in [3.05, 3.63) is 29.5 Å². The minimum Gasteiger partial charge on any atom is -0.477 e. The second-order valence-electron chi connectivity index (χ2n) is 3.85. The van der Waals surface area contributed by atoms with Gasteiger partial charge in [-0.15, -0.1) is 0 Å². The number of nitrogens with zero attached hydrogens (tertiary/aromatic N) is 1. The fourth-order valence-electron chi connectivity index (χ4n) is 1.86. The first-order valence-electron chi connectivity index (χ1n) is 5.26. The van der Waals surface area contributed by atoms with Gasteiger partial charge in [0.25, 0.3) is 0 Å². The van der Waals surface area contributed by atoms with Crippen LogP contribution in [0.1, 0.15) is 16.1 Å². The molecule has 0 amide bonds. The van der Waals surface area contributed by atoms with Gasteiger partial charge in [0.2, 0.25) is 6.79 Å². The quantitative estimate of drug-likeness (QED) is 0.874. The Hall–Kier alpha value is -2.50. The molecule has 1 N–H and O–H groups in total. The molecule has 2 aromatic rings. The number of carbonyl (C=O) groups is 1. The summed E-state index contributed by atoms with van der Waals surface area (Å²) in [5.41, 5.74) is 1.00. The van der Waals surface area contributed by atoms with Crippen LogP contribution < -0.4 is 9.47 Å². The van der Waals surface area contributed by atoms with E-state index in [1.165, 1.54) is 0 Å². The number of aromatic carboxylic acids is 1. The Balaban J connectivity index is 2.13. The molecule has 0 fully saturated rings. The summed E-state index contributed by atoms with van der Waals surface area (Å²) in [7, 11) is 0. The molecule has 0 radical (unpaired) electrons. The molecule has 0 saturated carbocycles. The number of ether oxygens (including phenoxy) is 2. The molecule has 6 nitrogen and oxygen atoms in total. The predicted octanol–water partition coefficient (Wildman–Crippen LogP) is 2.08. The Bertz CT molecular complexity index is 631. The maximum absolute atomic E-state index is 11.2. The predicted molar refractivity (Wildman–Crippen MR) is 59.8 cm³/mol. The lowest BCUT2D eigenvalue weighted by Crippen LogP contribution is -1.99. The number of aromatic nitrogens is 1. The van der Waals surface area contributed by atoms with Gasteiger partial charge in [-0.05, 0) is 25.1 Å². The van der Waals surface area contributed by atoms with Gasteiger partial charge in [0, 0.05) is 5.56 Å². The number of carboxylic acid groups (broad SMARTS) is 1. The maximum Gasteiger partial charge on any atom is 0.341 e. The van der Waals surface area contributed by atoms with Crippen molar-refractivity contribution >= 4 is 5.97 Å². The third-order valence-electron chi connectivity index (χ3n) is 2.71. The van der Waals surface area contributed by atoms with Crippen molar-refractivity contribution in [2.75, 3.05) is 6.79 Å². The summed E-state index contributed by atoms with van der Waals surface area (Å²) in [5, 5.41) is 12.8. The number of hydrogen-bond donors (Lipinski definition) is 1. The first-order valence-corrected chi connectivity index (χ1v) is 5.26. The van der Waals surface area contributed by atoms with E-state index in [1.54, 1.807) is 25.1 Å². The van der Waals surface area contributed by atoms with Crippen molar-refractivity contribution < 1.29 is 23.9 Å². The van der Waals surface area contributed by atoms with Gasteiger partial charge in [-0.25, -0.2) is 4.79 Å². The summed E-state index contributed by atoms with van der Waals surface area (Å²) in [5.74, 6) is 0.351. The fraction of sp³-hybridized carbons (Fsp3) is 0.167. The Morgan fingerprint density at radius 3 is 2.89 bits per heavy atom. The third-order valence-corrected chi connectivity index (χ3v) is 2.71. The van der Waals surface area contributed by atoms with Gasteiger partial charge in [-0.1, -0.05) is 5.16 Å². The molecular weight excluding hydrogens is 238 g/mol. The molecule has 1 aromatic carbocycles. The molecule has 92 valence electrons. The Morgan fingerprint density at radius 2 is 2.11 bits per heavy atom. The van der Waals surface area contributed by atoms with Crippen LogP contribution in [0.5, 0.6) is 11.5 Å². The summed E-state index contributed by atoms with van der Waals surface area (Å²) >= 11 is 0. The largest absolute Gasteiger partial charge is 0.477 e. The Labute approximate surface area is 102 Å². The molecule has 1 aliphatic rings. The van der Waals surface area contributed by atoms with E-state index in [0.717, 1.165) is 0 Å². The van der Waals surface area contributed by atoms with Crippen molar-refractivity contribution in [2.24, 2.45) is 0 Å². The van der Waals surface area contributed by atoms with Crippen LogP contribution in [-0.2, 0) is 0 Å². The number of hydrogen-bond acceptors (Lipinski definition) is 5. The maximum atomic E-state index is 11.2. The average Bonchev–Trinajstić information content (AvgIpc) is 2.93. The molecule has 2 heterocycles. The first-order chi connectivity index (χ1) is 8.66. The highest BCUT2D eigenvalue weighted by atomic mass is 16.7. The molecule has 0 bridgehead atoms. The molecule has 3 rings (SSSR count). The van der Waals surface area contributed by atoms with E-state index in [-0.39, 0.29) is 18.1 Å². The van der Waals surface area contributed by atoms with Crippen molar-refractivity contribution in [1.29, 1.82) is 0 Å². The lowest BCUT2D eigenvalue weighted by molar-refractivity contribution is 0.0696. The standard InChI is InChI=1S/C12H9NO5/c1-6-10(12(14)15)11(18-13-6)7-2-3-8-9(4-7)17-5-16-8/h2-4H,5H2,1H3,(H,14,15). The molecule has 0 saturated heterocycles.